The van der Waals surface area contributed by atoms with E-state index in [1.165, 1.54) is 22.4 Å². The zero-order valence-corrected chi connectivity index (χ0v) is 13.9. The number of benzene rings is 2. The number of rotatable bonds is 2. The van der Waals surface area contributed by atoms with Gasteiger partial charge in [-0.1, -0.05) is 30.4 Å². The summed E-state index contributed by atoms with van der Waals surface area (Å²) in [6.07, 6.45) is 5.67. The summed E-state index contributed by atoms with van der Waals surface area (Å²) in [5.74, 6) is 0.0377. The number of carboxylic acids is 1. The molecule has 2 aromatic rings. The third-order valence-electron chi connectivity index (χ3n) is 5.33. The molecule has 0 saturated carbocycles. The molecule has 0 radical (unpaired) electrons. The number of fused-ring (bicyclic) bond motifs is 3. The smallest absolute Gasteiger partial charge is 0.335 e. The number of aryl methyl sites for hydroxylation is 2. The van der Waals surface area contributed by atoms with Crippen molar-refractivity contribution in [3.63, 3.8) is 0 Å². The molecular formula is C21H21NO2. The maximum atomic E-state index is 11.1. The SMILES string of the molecule is Cc1cc(C)c2c(c1)N[C@H](c1ccc(C(=O)O)cc1)[C@H]1CC=C[C@H]21. The quantitative estimate of drug-likeness (QED) is 0.780. The fourth-order valence-electron chi connectivity index (χ4n) is 4.30. The molecule has 0 bridgehead atoms. The zero-order valence-electron chi connectivity index (χ0n) is 13.9. The van der Waals surface area contributed by atoms with E-state index < -0.39 is 5.97 Å². The summed E-state index contributed by atoms with van der Waals surface area (Å²) in [6, 6.07) is 12.0. The highest BCUT2D eigenvalue weighted by Gasteiger charge is 2.38. The van der Waals surface area contributed by atoms with Crippen LogP contribution in [0.25, 0.3) is 0 Å². The fourth-order valence-corrected chi connectivity index (χ4v) is 4.30. The van der Waals surface area contributed by atoms with Crippen LogP contribution in [0.3, 0.4) is 0 Å². The molecule has 0 spiro atoms. The number of hydrogen-bond acceptors (Lipinski definition) is 2. The summed E-state index contributed by atoms with van der Waals surface area (Å²) >= 11 is 0. The Balaban J connectivity index is 1.76. The van der Waals surface area contributed by atoms with Crippen LogP contribution >= 0.6 is 0 Å². The predicted molar refractivity (Wildman–Crippen MR) is 95.7 cm³/mol. The average molecular weight is 319 g/mol. The van der Waals surface area contributed by atoms with E-state index in [4.69, 9.17) is 5.11 Å². The molecule has 3 heteroatoms. The standard InChI is InChI=1S/C21H21NO2/c1-12-10-13(2)19-16-4-3-5-17(16)20(22-18(19)11-12)14-6-8-15(9-7-14)21(23)24/h3-4,6-11,16-17,20,22H,5H2,1-2H3,(H,23,24)/t16-,17-,20+/m0/s1. The molecule has 2 N–H and O–H groups in total. The number of hydrogen-bond donors (Lipinski definition) is 2. The molecule has 0 fully saturated rings. The number of anilines is 1. The summed E-state index contributed by atoms with van der Waals surface area (Å²) in [4.78, 5) is 11.1. The molecule has 24 heavy (non-hydrogen) atoms. The number of nitrogens with one attached hydrogen (secondary N) is 1. The lowest BCUT2D eigenvalue weighted by Gasteiger charge is -2.38. The molecule has 0 unspecified atom stereocenters. The molecule has 3 nitrogen and oxygen atoms in total. The number of aromatic carboxylic acids is 1. The van der Waals surface area contributed by atoms with E-state index in [-0.39, 0.29) is 6.04 Å². The van der Waals surface area contributed by atoms with Gasteiger partial charge in [-0.05, 0) is 66.6 Å². The van der Waals surface area contributed by atoms with Gasteiger partial charge in [0, 0.05) is 11.6 Å². The van der Waals surface area contributed by atoms with Gasteiger partial charge in [0.15, 0.2) is 0 Å². The maximum Gasteiger partial charge on any atom is 0.335 e. The Morgan fingerprint density at radius 1 is 1.17 bits per heavy atom. The van der Waals surface area contributed by atoms with E-state index in [1.54, 1.807) is 12.1 Å². The second kappa shape index (κ2) is 5.52. The molecule has 2 aliphatic rings. The molecule has 1 aliphatic carbocycles. The maximum absolute atomic E-state index is 11.1. The van der Waals surface area contributed by atoms with E-state index in [1.807, 2.05) is 12.1 Å². The summed E-state index contributed by atoms with van der Waals surface area (Å²) in [6.45, 7) is 4.32. The first kappa shape index (κ1) is 15.0. The van der Waals surface area contributed by atoms with Crippen LogP contribution in [0.5, 0.6) is 0 Å². The number of allylic oxidation sites excluding steroid dienone is 2. The molecule has 0 amide bonds. The summed E-state index contributed by atoms with van der Waals surface area (Å²) < 4.78 is 0. The highest BCUT2D eigenvalue weighted by atomic mass is 16.4. The van der Waals surface area contributed by atoms with Gasteiger partial charge in [-0.2, -0.15) is 0 Å². The van der Waals surface area contributed by atoms with E-state index in [0.717, 1.165) is 12.0 Å². The zero-order chi connectivity index (χ0) is 16.8. The lowest BCUT2D eigenvalue weighted by Crippen LogP contribution is -2.29. The first-order chi connectivity index (χ1) is 11.5. The fraction of sp³-hybridized carbons (Fsp3) is 0.286. The Morgan fingerprint density at radius 2 is 1.92 bits per heavy atom. The monoisotopic (exact) mass is 319 g/mol. The minimum atomic E-state index is -0.879. The Hall–Kier alpha value is -2.55. The van der Waals surface area contributed by atoms with Crippen molar-refractivity contribution < 1.29 is 9.90 Å². The topological polar surface area (TPSA) is 49.3 Å². The first-order valence-electron chi connectivity index (χ1n) is 8.42. The van der Waals surface area contributed by atoms with Crippen LogP contribution in [0.1, 0.15) is 51.0 Å². The summed E-state index contributed by atoms with van der Waals surface area (Å²) in [7, 11) is 0. The largest absolute Gasteiger partial charge is 0.478 e. The minimum Gasteiger partial charge on any atom is -0.478 e. The van der Waals surface area contributed by atoms with Crippen LogP contribution in [0.2, 0.25) is 0 Å². The van der Waals surface area contributed by atoms with Gasteiger partial charge in [-0.25, -0.2) is 4.79 Å². The number of carboxylic acid groups (broad SMARTS) is 1. The van der Waals surface area contributed by atoms with Crippen LogP contribution < -0.4 is 5.32 Å². The van der Waals surface area contributed by atoms with E-state index in [0.29, 0.717) is 17.4 Å². The molecular weight excluding hydrogens is 298 g/mol. The van der Waals surface area contributed by atoms with Crippen molar-refractivity contribution in [3.05, 3.63) is 76.4 Å². The lowest BCUT2D eigenvalue weighted by atomic mass is 9.75. The van der Waals surface area contributed by atoms with Gasteiger partial charge in [0.1, 0.15) is 0 Å². The van der Waals surface area contributed by atoms with Crippen molar-refractivity contribution in [2.45, 2.75) is 32.2 Å². The van der Waals surface area contributed by atoms with Gasteiger partial charge in [0.25, 0.3) is 0 Å². The van der Waals surface area contributed by atoms with Gasteiger partial charge < -0.3 is 10.4 Å². The second-order valence-corrected chi connectivity index (χ2v) is 6.95. The van der Waals surface area contributed by atoms with E-state index >= 15 is 0 Å². The van der Waals surface area contributed by atoms with Gasteiger partial charge in [0.05, 0.1) is 11.6 Å². The summed E-state index contributed by atoms with van der Waals surface area (Å²) in [5.41, 5.74) is 6.73. The highest BCUT2D eigenvalue weighted by molar-refractivity contribution is 5.87. The second-order valence-electron chi connectivity index (χ2n) is 6.95. The normalized spacial score (nSPS) is 24.2. The van der Waals surface area contributed by atoms with Crippen molar-refractivity contribution in [3.8, 4) is 0 Å². The van der Waals surface area contributed by atoms with E-state index in [2.05, 4.69) is 43.4 Å². The predicted octanol–water partition coefficient (Wildman–Crippen LogP) is 4.83. The molecule has 4 rings (SSSR count). The summed E-state index contributed by atoms with van der Waals surface area (Å²) in [5, 5.41) is 12.8. The van der Waals surface area contributed by atoms with Gasteiger partial charge in [-0.15, -0.1) is 0 Å². The van der Waals surface area contributed by atoms with Crippen molar-refractivity contribution in [2.75, 3.05) is 5.32 Å². The first-order valence-corrected chi connectivity index (χ1v) is 8.42. The molecule has 1 heterocycles. The van der Waals surface area contributed by atoms with Crippen LogP contribution in [-0.4, -0.2) is 11.1 Å². The van der Waals surface area contributed by atoms with E-state index in [9.17, 15) is 4.79 Å². The van der Waals surface area contributed by atoms with Gasteiger partial charge >= 0.3 is 5.97 Å². The van der Waals surface area contributed by atoms with Crippen LogP contribution in [-0.2, 0) is 0 Å². The highest BCUT2D eigenvalue weighted by Crippen LogP contribution is 2.50. The van der Waals surface area contributed by atoms with Crippen molar-refractivity contribution in [2.24, 2.45) is 5.92 Å². The van der Waals surface area contributed by atoms with Gasteiger partial charge in [-0.3, -0.25) is 0 Å². The third-order valence-corrected chi connectivity index (χ3v) is 5.33. The molecule has 1 aliphatic heterocycles. The van der Waals surface area contributed by atoms with Crippen LogP contribution in [0.15, 0.2) is 48.6 Å². The molecule has 3 atom stereocenters. The minimum absolute atomic E-state index is 0.210. The molecule has 122 valence electrons. The van der Waals surface area contributed by atoms with Crippen molar-refractivity contribution in [1.29, 1.82) is 0 Å². The Morgan fingerprint density at radius 3 is 2.62 bits per heavy atom. The van der Waals surface area contributed by atoms with Crippen molar-refractivity contribution in [1.82, 2.24) is 0 Å². The molecule has 0 aromatic heterocycles. The Kier molecular flexibility index (Phi) is 3.45. The molecule has 0 saturated heterocycles. The Labute approximate surface area is 142 Å². The van der Waals surface area contributed by atoms with Crippen LogP contribution in [0, 0.1) is 19.8 Å². The van der Waals surface area contributed by atoms with Crippen molar-refractivity contribution >= 4 is 11.7 Å². The lowest BCUT2D eigenvalue weighted by molar-refractivity contribution is 0.0697. The average Bonchev–Trinajstić information content (AvgIpc) is 3.02. The number of carbonyl (C=O) groups is 1. The van der Waals surface area contributed by atoms with Crippen LogP contribution in [0.4, 0.5) is 5.69 Å². The molecule has 2 aromatic carbocycles. The third kappa shape index (κ3) is 2.32. The van der Waals surface area contributed by atoms with Gasteiger partial charge in [0.2, 0.25) is 0 Å². The Bertz CT molecular complexity index is 836.